The van der Waals surface area contributed by atoms with Gasteiger partial charge < -0.3 is 4.89 Å². The Morgan fingerprint density at radius 1 is 1.06 bits per heavy atom. The van der Waals surface area contributed by atoms with Crippen molar-refractivity contribution in [3.8, 4) is 5.75 Å². The SMILES string of the molecule is NOOc1ccc(N=NN2CCCCC2)cc1. The first-order chi connectivity index (χ1) is 8.38. The van der Waals surface area contributed by atoms with E-state index in [0.717, 1.165) is 18.8 Å². The number of hydrogen-bond acceptors (Lipinski definition) is 5. The highest BCUT2D eigenvalue weighted by Crippen LogP contribution is 2.19. The summed E-state index contributed by atoms with van der Waals surface area (Å²) in [4.78, 5) is 8.71. The molecule has 1 aromatic carbocycles. The highest BCUT2D eigenvalue weighted by Gasteiger charge is 2.06. The lowest BCUT2D eigenvalue weighted by Crippen LogP contribution is -2.23. The molecule has 0 unspecified atom stereocenters. The van der Waals surface area contributed by atoms with Crippen LogP contribution in [-0.2, 0) is 4.99 Å². The molecule has 0 radical (unpaired) electrons. The number of rotatable bonds is 4. The molecule has 0 saturated carbocycles. The minimum Gasteiger partial charge on any atom is -0.320 e. The Kier molecular flexibility index (Phi) is 4.29. The van der Waals surface area contributed by atoms with Gasteiger partial charge in [-0.3, -0.25) is 5.01 Å². The Bertz CT molecular complexity index is 360. The van der Waals surface area contributed by atoms with Crippen LogP contribution in [0.15, 0.2) is 34.6 Å². The van der Waals surface area contributed by atoms with E-state index in [-0.39, 0.29) is 0 Å². The topological polar surface area (TPSA) is 72.4 Å². The first-order valence-electron chi connectivity index (χ1n) is 5.68. The van der Waals surface area contributed by atoms with Crippen LogP contribution in [0.4, 0.5) is 5.69 Å². The normalized spacial score (nSPS) is 16.4. The van der Waals surface area contributed by atoms with Crippen molar-refractivity contribution in [3.05, 3.63) is 24.3 Å². The summed E-state index contributed by atoms with van der Waals surface area (Å²) in [6.45, 7) is 1.98. The Balaban J connectivity index is 1.91. The van der Waals surface area contributed by atoms with E-state index in [1.807, 2.05) is 5.01 Å². The third-order valence-corrected chi connectivity index (χ3v) is 2.60. The molecular formula is C11H16N4O2. The highest BCUT2D eigenvalue weighted by molar-refractivity contribution is 5.40. The van der Waals surface area contributed by atoms with Crippen LogP contribution < -0.4 is 10.8 Å². The fraction of sp³-hybridized carbons (Fsp3) is 0.455. The first kappa shape index (κ1) is 11.8. The Morgan fingerprint density at radius 3 is 2.41 bits per heavy atom. The van der Waals surface area contributed by atoms with Gasteiger partial charge in [0.15, 0.2) is 5.75 Å². The molecule has 1 aliphatic heterocycles. The Labute approximate surface area is 99.9 Å². The van der Waals surface area contributed by atoms with Crippen molar-refractivity contribution < 1.29 is 9.88 Å². The predicted molar refractivity (Wildman–Crippen MR) is 62.3 cm³/mol. The lowest BCUT2D eigenvalue weighted by atomic mass is 10.2. The minimum atomic E-state index is 0.532. The van der Waals surface area contributed by atoms with E-state index in [4.69, 9.17) is 5.90 Å². The van der Waals surface area contributed by atoms with Crippen LogP contribution in [0, 0.1) is 0 Å². The van der Waals surface area contributed by atoms with Crippen LogP contribution in [0.2, 0.25) is 0 Å². The van der Waals surface area contributed by atoms with E-state index in [1.54, 1.807) is 24.3 Å². The van der Waals surface area contributed by atoms with Gasteiger partial charge in [0.25, 0.3) is 0 Å². The molecule has 6 nitrogen and oxygen atoms in total. The second-order valence-corrected chi connectivity index (χ2v) is 3.88. The van der Waals surface area contributed by atoms with Crippen LogP contribution in [0.1, 0.15) is 19.3 Å². The molecule has 92 valence electrons. The Hall–Kier alpha value is -1.66. The third-order valence-electron chi connectivity index (χ3n) is 2.60. The van der Waals surface area contributed by atoms with Gasteiger partial charge >= 0.3 is 0 Å². The zero-order chi connectivity index (χ0) is 11.9. The van der Waals surface area contributed by atoms with Crippen molar-refractivity contribution in [1.82, 2.24) is 5.01 Å². The average molecular weight is 236 g/mol. The summed E-state index contributed by atoms with van der Waals surface area (Å²) in [5.41, 5.74) is 0.778. The van der Waals surface area contributed by atoms with Gasteiger partial charge in [-0.25, -0.2) is 0 Å². The molecule has 17 heavy (non-hydrogen) atoms. The molecule has 0 atom stereocenters. The monoisotopic (exact) mass is 236 g/mol. The van der Waals surface area contributed by atoms with Gasteiger partial charge in [-0.05, 0) is 43.5 Å². The van der Waals surface area contributed by atoms with Crippen LogP contribution >= 0.6 is 0 Å². The van der Waals surface area contributed by atoms with E-state index < -0.39 is 0 Å². The zero-order valence-electron chi connectivity index (χ0n) is 9.58. The summed E-state index contributed by atoms with van der Waals surface area (Å²) >= 11 is 0. The number of piperidine rings is 1. The first-order valence-corrected chi connectivity index (χ1v) is 5.68. The third kappa shape index (κ3) is 3.69. The molecule has 1 heterocycles. The van der Waals surface area contributed by atoms with Gasteiger partial charge in [0.1, 0.15) is 0 Å². The zero-order valence-corrected chi connectivity index (χ0v) is 9.58. The molecule has 0 bridgehead atoms. The molecule has 1 aromatic rings. The summed E-state index contributed by atoms with van der Waals surface area (Å²) in [5.74, 6) is 5.32. The second-order valence-electron chi connectivity index (χ2n) is 3.88. The van der Waals surface area contributed by atoms with Crippen molar-refractivity contribution in [3.63, 3.8) is 0 Å². The van der Waals surface area contributed by atoms with Gasteiger partial charge in [0.2, 0.25) is 0 Å². The molecular weight excluding hydrogens is 220 g/mol. The molecule has 1 saturated heterocycles. The Morgan fingerprint density at radius 2 is 1.76 bits per heavy atom. The van der Waals surface area contributed by atoms with Crippen molar-refractivity contribution >= 4 is 5.69 Å². The number of hydrogen-bond donors (Lipinski definition) is 1. The maximum absolute atomic E-state index is 4.78. The van der Waals surface area contributed by atoms with Gasteiger partial charge in [-0.1, -0.05) is 10.2 Å². The summed E-state index contributed by atoms with van der Waals surface area (Å²) in [7, 11) is 0. The molecule has 1 aliphatic rings. The van der Waals surface area contributed by atoms with Gasteiger partial charge in [0.05, 0.1) is 5.69 Å². The van der Waals surface area contributed by atoms with E-state index in [1.165, 1.54) is 19.3 Å². The molecule has 6 heteroatoms. The highest BCUT2D eigenvalue weighted by atomic mass is 17.3. The lowest BCUT2D eigenvalue weighted by Gasteiger charge is -2.21. The van der Waals surface area contributed by atoms with Crippen molar-refractivity contribution in [2.75, 3.05) is 13.1 Å². The van der Waals surface area contributed by atoms with Gasteiger partial charge in [-0.15, -0.1) is 5.11 Å². The fourth-order valence-electron chi connectivity index (χ4n) is 1.71. The number of nitrogens with two attached hydrogens (primary N) is 1. The molecule has 2 rings (SSSR count). The van der Waals surface area contributed by atoms with Crippen LogP contribution in [0.5, 0.6) is 5.75 Å². The summed E-state index contributed by atoms with van der Waals surface area (Å²) in [5, 5.41) is 10.3. The minimum absolute atomic E-state index is 0.532. The van der Waals surface area contributed by atoms with Crippen LogP contribution in [0.25, 0.3) is 0 Å². The van der Waals surface area contributed by atoms with Gasteiger partial charge in [0, 0.05) is 13.1 Å². The van der Waals surface area contributed by atoms with E-state index in [2.05, 4.69) is 20.2 Å². The summed E-state index contributed by atoms with van der Waals surface area (Å²) in [6.07, 6.45) is 3.68. The van der Waals surface area contributed by atoms with Crippen molar-refractivity contribution in [2.45, 2.75) is 19.3 Å². The lowest BCUT2D eigenvalue weighted by molar-refractivity contribution is -0.211. The smallest absolute Gasteiger partial charge is 0.167 e. The van der Waals surface area contributed by atoms with Crippen molar-refractivity contribution in [1.29, 1.82) is 0 Å². The predicted octanol–water partition coefficient (Wildman–Crippen LogP) is 2.36. The summed E-state index contributed by atoms with van der Waals surface area (Å²) in [6, 6.07) is 7.03. The maximum atomic E-state index is 4.78. The molecule has 1 fully saturated rings. The van der Waals surface area contributed by atoms with Crippen molar-refractivity contribution in [2.24, 2.45) is 16.2 Å². The van der Waals surface area contributed by atoms with Gasteiger partial charge in [-0.2, -0.15) is 5.90 Å². The molecule has 0 spiro atoms. The number of nitrogens with zero attached hydrogens (tertiary/aromatic N) is 3. The summed E-state index contributed by atoms with van der Waals surface area (Å²) < 4.78 is 0. The fourth-order valence-corrected chi connectivity index (χ4v) is 1.71. The van der Waals surface area contributed by atoms with Crippen LogP contribution in [-0.4, -0.2) is 18.1 Å². The largest absolute Gasteiger partial charge is 0.320 e. The molecule has 0 aliphatic carbocycles. The molecule has 0 amide bonds. The van der Waals surface area contributed by atoms with Crippen LogP contribution in [0.3, 0.4) is 0 Å². The molecule has 0 aromatic heterocycles. The second kappa shape index (κ2) is 6.17. The van der Waals surface area contributed by atoms with E-state index >= 15 is 0 Å². The molecule has 2 N–H and O–H groups in total. The van der Waals surface area contributed by atoms with E-state index in [0.29, 0.717) is 5.75 Å². The van der Waals surface area contributed by atoms with E-state index in [9.17, 15) is 0 Å². The maximum Gasteiger partial charge on any atom is 0.167 e. The standard InChI is InChI=1S/C11H16N4O2/c12-17-16-11-6-4-10(5-7-11)13-14-15-8-2-1-3-9-15/h4-7H,1-3,8-9,12H2. The number of benzene rings is 1. The average Bonchev–Trinajstić information content (AvgIpc) is 2.40. The quantitative estimate of drug-likeness (QED) is 0.495.